The Kier molecular flexibility index (Phi) is 5.91. The van der Waals surface area contributed by atoms with Gasteiger partial charge in [0.05, 0.1) is 17.2 Å². The van der Waals surface area contributed by atoms with Crippen molar-refractivity contribution < 1.29 is 31.9 Å². The molecule has 1 aromatic heterocycles. The molecule has 1 N–H and O–H groups in total. The lowest BCUT2D eigenvalue weighted by atomic mass is 10.1. The monoisotopic (exact) mass is 418 g/mol. The van der Waals surface area contributed by atoms with Crippen molar-refractivity contribution in [3.63, 3.8) is 0 Å². The largest absolute Gasteiger partial charge is 0.459 e. The van der Waals surface area contributed by atoms with Crippen molar-refractivity contribution >= 4 is 17.6 Å². The minimum Gasteiger partial charge on any atom is -0.459 e. The zero-order valence-corrected chi connectivity index (χ0v) is 16.0. The summed E-state index contributed by atoms with van der Waals surface area (Å²) in [6.45, 7) is 3.45. The van der Waals surface area contributed by atoms with E-state index in [1.165, 1.54) is 18.2 Å². The Morgan fingerprint density at radius 1 is 1.10 bits per heavy atom. The summed E-state index contributed by atoms with van der Waals surface area (Å²) < 4.78 is 48.3. The number of carbonyl (C=O) groups is 2. The molecule has 3 rings (SSSR count). The quantitative estimate of drug-likeness (QED) is 0.578. The zero-order chi connectivity index (χ0) is 21.9. The SMILES string of the molecule is CC(C)OC(=O)c1cccc(NC(=O)c2coc(-c3ccc(C(F)(F)F)cc3)n2)c1. The van der Waals surface area contributed by atoms with Gasteiger partial charge in [0.25, 0.3) is 5.91 Å². The number of oxazole rings is 1. The van der Waals surface area contributed by atoms with Crippen LogP contribution < -0.4 is 5.32 Å². The summed E-state index contributed by atoms with van der Waals surface area (Å²) in [4.78, 5) is 28.4. The van der Waals surface area contributed by atoms with Gasteiger partial charge in [-0.25, -0.2) is 9.78 Å². The van der Waals surface area contributed by atoms with Crippen LogP contribution in [0.5, 0.6) is 0 Å². The maximum absolute atomic E-state index is 12.7. The summed E-state index contributed by atoms with van der Waals surface area (Å²) in [5, 5.41) is 2.58. The van der Waals surface area contributed by atoms with Gasteiger partial charge in [-0.1, -0.05) is 6.07 Å². The van der Waals surface area contributed by atoms with Crippen molar-refractivity contribution in [2.75, 3.05) is 5.32 Å². The smallest absolute Gasteiger partial charge is 0.416 e. The third kappa shape index (κ3) is 5.05. The molecule has 1 heterocycles. The summed E-state index contributed by atoms with van der Waals surface area (Å²) >= 11 is 0. The Hall–Kier alpha value is -3.62. The van der Waals surface area contributed by atoms with Gasteiger partial charge >= 0.3 is 12.1 Å². The number of rotatable bonds is 5. The fourth-order valence-electron chi connectivity index (χ4n) is 2.51. The number of benzene rings is 2. The molecule has 0 aliphatic heterocycles. The number of carbonyl (C=O) groups excluding carboxylic acids is 2. The van der Waals surface area contributed by atoms with Crippen molar-refractivity contribution in [2.24, 2.45) is 0 Å². The standard InChI is InChI=1S/C21H17F3N2O4/c1-12(2)30-20(28)14-4-3-5-16(10-14)25-18(27)17-11-29-19(26-17)13-6-8-15(9-7-13)21(22,23)24/h3-12H,1-2H3,(H,25,27). The second kappa shape index (κ2) is 8.40. The van der Waals surface area contributed by atoms with Crippen LogP contribution in [0.25, 0.3) is 11.5 Å². The number of alkyl halides is 3. The van der Waals surface area contributed by atoms with Gasteiger partial charge in [0.15, 0.2) is 5.69 Å². The van der Waals surface area contributed by atoms with Gasteiger partial charge in [-0.2, -0.15) is 13.2 Å². The fourth-order valence-corrected chi connectivity index (χ4v) is 2.51. The third-order valence-corrected chi connectivity index (χ3v) is 3.89. The van der Waals surface area contributed by atoms with E-state index in [1.807, 2.05) is 0 Å². The van der Waals surface area contributed by atoms with Gasteiger partial charge in [0.2, 0.25) is 5.89 Å². The molecule has 6 nitrogen and oxygen atoms in total. The molecule has 0 radical (unpaired) electrons. The van der Waals surface area contributed by atoms with Crippen molar-refractivity contribution in [2.45, 2.75) is 26.1 Å². The van der Waals surface area contributed by atoms with E-state index in [9.17, 15) is 22.8 Å². The van der Waals surface area contributed by atoms with Crippen LogP contribution in [0.2, 0.25) is 0 Å². The Labute approximate surface area is 169 Å². The molecule has 2 aromatic carbocycles. The predicted molar refractivity (Wildman–Crippen MR) is 102 cm³/mol. The molecule has 0 aliphatic rings. The van der Waals surface area contributed by atoms with Crippen LogP contribution in [0.3, 0.4) is 0 Å². The molecular weight excluding hydrogens is 401 g/mol. The molecule has 0 saturated heterocycles. The van der Waals surface area contributed by atoms with Crippen LogP contribution in [0.15, 0.2) is 59.2 Å². The Morgan fingerprint density at radius 2 is 1.80 bits per heavy atom. The van der Waals surface area contributed by atoms with E-state index >= 15 is 0 Å². The minimum atomic E-state index is -4.45. The number of amides is 1. The van der Waals surface area contributed by atoms with E-state index in [1.54, 1.807) is 32.0 Å². The lowest BCUT2D eigenvalue weighted by molar-refractivity contribution is -0.137. The first-order chi connectivity index (χ1) is 14.1. The highest BCUT2D eigenvalue weighted by molar-refractivity contribution is 6.03. The molecule has 0 spiro atoms. The number of nitrogens with zero attached hydrogens (tertiary/aromatic N) is 1. The summed E-state index contributed by atoms with van der Waals surface area (Å²) in [6, 6.07) is 10.4. The predicted octanol–water partition coefficient (Wildman–Crippen LogP) is 5.18. The van der Waals surface area contributed by atoms with E-state index in [2.05, 4.69) is 10.3 Å². The third-order valence-electron chi connectivity index (χ3n) is 3.89. The zero-order valence-electron chi connectivity index (χ0n) is 16.0. The van der Waals surface area contributed by atoms with Crippen molar-refractivity contribution in [3.8, 4) is 11.5 Å². The molecular formula is C21H17F3N2O4. The summed E-state index contributed by atoms with van der Waals surface area (Å²) in [5.74, 6) is -1.12. The number of hydrogen-bond acceptors (Lipinski definition) is 5. The number of ether oxygens (including phenoxy) is 1. The Morgan fingerprint density at radius 3 is 2.43 bits per heavy atom. The maximum atomic E-state index is 12.7. The van der Waals surface area contributed by atoms with E-state index in [-0.39, 0.29) is 23.3 Å². The van der Waals surface area contributed by atoms with Gasteiger partial charge in [0.1, 0.15) is 6.26 Å². The Balaban J connectivity index is 1.72. The van der Waals surface area contributed by atoms with E-state index < -0.39 is 23.6 Å². The van der Waals surface area contributed by atoms with Crippen LogP contribution >= 0.6 is 0 Å². The average Bonchev–Trinajstić information content (AvgIpc) is 3.17. The summed E-state index contributed by atoms with van der Waals surface area (Å²) in [6.07, 6.45) is -3.63. The molecule has 0 saturated carbocycles. The number of halogens is 3. The number of anilines is 1. The molecule has 0 unspecified atom stereocenters. The van der Waals surface area contributed by atoms with Crippen LogP contribution in [0, 0.1) is 0 Å². The lowest BCUT2D eigenvalue weighted by Crippen LogP contribution is -2.14. The molecule has 9 heteroatoms. The van der Waals surface area contributed by atoms with Crippen LogP contribution in [-0.4, -0.2) is 23.0 Å². The van der Waals surface area contributed by atoms with Crippen LogP contribution in [-0.2, 0) is 10.9 Å². The first-order valence-corrected chi connectivity index (χ1v) is 8.89. The van der Waals surface area contributed by atoms with E-state index in [0.29, 0.717) is 11.3 Å². The Bertz CT molecular complexity index is 1060. The molecule has 156 valence electrons. The maximum Gasteiger partial charge on any atom is 0.416 e. The first kappa shape index (κ1) is 21.1. The molecule has 0 fully saturated rings. The van der Waals surface area contributed by atoms with Gasteiger partial charge in [-0.15, -0.1) is 0 Å². The van der Waals surface area contributed by atoms with Crippen LogP contribution in [0.1, 0.15) is 40.3 Å². The second-order valence-electron chi connectivity index (χ2n) is 6.60. The topological polar surface area (TPSA) is 81.4 Å². The van der Waals surface area contributed by atoms with Crippen molar-refractivity contribution in [3.05, 3.63) is 71.6 Å². The number of nitrogens with one attached hydrogen (secondary N) is 1. The average molecular weight is 418 g/mol. The lowest BCUT2D eigenvalue weighted by Gasteiger charge is -2.09. The van der Waals surface area contributed by atoms with Crippen molar-refractivity contribution in [1.82, 2.24) is 4.98 Å². The minimum absolute atomic E-state index is 0.00290. The number of esters is 1. The highest BCUT2D eigenvalue weighted by atomic mass is 19.4. The van der Waals surface area contributed by atoms with Gasteiger partial charge in [-0.05, 0) is 56.3 Å². The van der Waals surface area contributed by atoms with E-state index in [0.717, 1.165) is 18.4 Å². The van der Waals surface area contributed by atoms with Gasteiger partial charge < -0.3 is 14.5 Å². The van der Waals surface area contributed by atoms with Crippen LogP contribution in [0.4, 0.5) is 18.9 Å². The van der Waals surface area contributed by atoms with Gasteiger partial charge in [-0.3, -0.25) is 4.79 Å². The van der Waals surface area contributed by atoms with Gasteiger partial charge in [0, 0.05) is 11.3 Å². The number of aromatic nitrogens is 1. The molecule has 0 aliphatic carbocycles. The molecule has 0 bridgehead atoms. The summed E-state index contributed by atoms with van der Waals surface area (Å²) in [5.41, 5.74) is 0.0385. The second-order valence-corrected chi connectivity index (χ2v) is 6.60. The van der Waals surface area contributed by atoms with Crippen molar-refractivity contribution in [1.29, 1.82) is 0 Å². The highest BCUT2D eigenvalue weighted by Crippen LogP contribution is 2.30. The fraction of sp³-hybridized carbons (Fsp3) is 0.190. The first-order valence-electron chi connectivity index (χ1n) is 8.89. The van der Waals surface area contributed by atoms with E-state index in [4.69, 9.17) is 9.15 Å². The molecule has 1 amide bonds. The summed E-state index contributed by atoms with van der Waals surface area (Å²) in [7, 11) is 0. The highest BCUT2D eigenvalue weighted by Gasteiger charge is 2.30. The molecule has 0 atom stereocenters. The normalized spacial score (nSPS) is 11.4. The molecule has 30 heavy (non-hydrogen) atoms. The number of hydrogen-bond donors (Lipinski definition) is 1. The molecule has 3 aromatic rings.